The number of hydrogen-bond donors (Lipinski definition) is 0. The van der Waals surface area contributed by atoms with Crippen molar-refractivity contribution in [3.63, 3.8) is 0 Å². The van der Waals surface area contributed by atoms with E-state index in [4.69, 9.17) is 4.84 Å². The Morgan fingerprint density at radius 2 is 1.53 bits per heavy atom. The summed E-state index contributed by atoms with van der Waals surface area (Å²) in [5.74, 6) is 0.249. The van der Waals surface area contributed by atoms with Crippen molar-refractivity contribution in [3.8, 4) is 0 Å². The summed E-state index contributed by atoms with van der Waals surface area (Å²) in [5.41, 5.74) is 3.42. The summed E-state index contributed by atoms with van der Waals surface area (Å²) in [7, 11) is 0. The minimum Gasteiger partial charge on any atom is -0.394 e. The van der Waals surface area contributed by atoms with E-state index in [1.165, 1.54) is 5.56 Å². The van der Waals surface area contributed by atoms with Crippen LogP contribution < -0.4 is 0 Å². The number of benzene rings is 2. The predicted molar refractivity (Wildman–Crippen MR) is 68.1 cm³/mol. The molecule has 1 aliphatic rings. The summed E-state index contributed by atoms with van der Waals surface area (Å²) in [4.78, 5) is 5.27. The highest BCUT2D eigenvalue weighted by Crippen LogP contribution is 2.26. The van der Waals surface area contributed by atoms with Crippen molar-refractivity contribution in [2.24, 2.45) is 5.16 Å². The van der Waals surface area contributed by atoms with Crippen LogP contribution in [-0.2, 0) is 4.84 Å². The number of nitrogens with zero attached hydrogens (tertiary/aromatic N) is 1. The van der Waals surface area contributed by atoms with Gasteiger partial charge in [-0.25, -0.2) is 0 Å². The van der Waals surface area contributed by atoms with Gasteiger partial charge in [-0.1, -0.05) is 65.8 Å². The van der Waals surface area contributed by atoms with Gasteiger partial charge in [0.25, 0.3) is 0 Å². The zero-order chi connectivity index (χ0) is 11.5. The predicted octanol–water partition coefficient (Wildman–Crippen LogP) is 3.20. The zero-order valence-corrected chi connectivity index (χ0v) is 9.41. The summed E-state index contributed by atoms with van der Waals surface area (Å²) < 4.78 is 0. The van der Waals surface area contributed by atoms with Crippen molar-refractivity contribution in [1.29, 1.82) is 0 Å². The molecule has 3 rings (SSSR count). The van der Waals surface area contributed by atoms with E-state index in [1.54, 1.807) is 0 Å². The molecule has 17 heavy (non-hydrogen) atoms. The van der Waals surface area contributed by atoms with Gasteiger partial charge in [0.05, 0.1) is 11.6 Å². The van der Waals surface area contributed by atoms with E-state index < -0.39 is 0 Å². The van der Waals surface area contributed by atoms with E-state index in [1.807, 2.05) is 24.3 Å². The van der Waals surface area contributed by atoms with Crippen LogP contribution in [0.25, 0.3) is 0 Å². The Bertz CT molecular complexity index is 519. The Balaban J connectivity index is 1.96. The van der Waals surface area contributed by atoms with Crippen molar-refractivity contribution in [2.75, 3.05) is 6.61 Å². The van der Waals surface area contributed by atoms with E-state index in [0.29, 0.717) is 6.61 Å². The summed E-state index contributed by atoms with van der Waals surface area (Å²) >= 11 is 0. The van der Waals surface area contributed by atoms with E-state index in [0.717, 1.165) is 11.3 Å². The van der Waals surface area contributed by atoms with E-state index in [2.05, 4.69) is 41.6 Å². The standard InChI is InChI=1S/C15H13NO/c1-3-7-12(8-4-1)14-11-17-16-15(14)13-9-5-2-6-10-13/h1-10,14H,11H2/t14-/m0/s1. The van der Waals surface area contributed by atoms with Crippen LogP contribution in [0.15, 0.2) is 65.8 Å². The maximum absolute atomic E-state index is 5.27. The second kappa shape index (κ2) is 4.42. The van der Waals surface area contributed by atoms with Crippen molar-refractivity contribution in [2.45, 2.75) is 5.92 Å². The highest BCUT2D eigenvalue weighted by atomic mass is 16.6. The van der Waals surface area contributed by atoms with Gasteiger partial charge in [-0.15, -0.1) is 0 Å². The first kappa shape index (κ1) is 10.1. The molecule has 0 N–H and O–H groups in total. The molecule has 2 aromatic rings. The topological polar surface area (TPSA) is 21.6 Å². The van der Waals surface area contributed by atoms with Crippen LogP contribution in [0.3, 0.4) is 0 Å². The molecule has 0 aromatic heterocycles. The van der Waals surface area contributed by atoms with E-state index >= 15 is 0 Å². The molecule has 2 nitrogen and oxygen atoms in total. The third-order valence-corrected chi connectivity index (χ3v) is 3.01. The average molecular weight is 223 g/mol. The van der Waals surface area contributed by atoms with Crippen LogP contribution in [0.2, 0.25) is 0 Å². The van der Waals surface area contributed by atoms with Gasteiger partial charge >= 0.3 is 0 Å². The molecule has 0 spiro atoms. The van der Waals surface area contributed by atoms with E-state index in [-0.39, 0.29) is 5.92 Å². The van der Waals surface area contributed by atoms with Gasteiger partial charge in [0.2, 0.25) is 0 Å². The average Bonchev–Trinajstić information content (AvgIpc) is 2.90. The van der Waals surface area contributed by atoms with Crippen molar-refractivity contribution >= 4 is 5.71 Å². The molecule has 2 aromatic carbocycles. The third kappa shape index (κ3) is 1.94. The molecule has 0 aliphatic carbocycles. The van der Waals surface area contributed by atoms with Crippen molar-refractivity contribution in [1.82, 2.24) is 0 Å². The Morgan fingerprint density at radius 1 is 0.882 bits per heavy atom. The summed E-state index contributed by atoms with van der Waals surface area (Å²) in [6.45, 7) is 0.633. The Hall–Kier alpha value is -2.09. The number of oxime groups is 1. The van der Waals surface area contributed by atoms with Gasteiger partial charge in [0.1, 0.15) is 6.61 Å². The zero-order valence-electron chi connectivity index (χ0n) is 9.41. The maximum atomic E-state index is 5.27. The van der Waals surface area contributed by atoms with Crippen LogP contribution in [0.5, 0.6) is 0 Å². The minimum atomic E-state index is 0.249. The van der Waals surface area contributed by atoms with Crippen LogP contribution in [0.4, 0.5) is 0 Å². The van der Waals surface area contributed by atoms with Gasteiger partial charge in [-0.3, -0.25) is 0 Å². The van der Waals surface area contributed by atoms with Gasteiger partial charge in [0.15, 0.2) is 0 Å². The highest BCUT2D eigenvalue weighted by molar-refractivity contribution is 6.05. The number of rotatable bonds is 2. The third-order valence-electron chi connectivity index (χ3n) is 3.01. The van der Waals surface area contributed by atoms with E-state index in [9.17, 15) is 0 Å². The molecular formula is C15H13NO. The Kier molecular flexibility index (Phi) is 2.62. The van der Waals surface area contributed by atoms with Crippen molar-refractivity contribution < 1.29 is 4.84 Å². The monoisotopic (exact) mass is 223 g/mol. The SMILES string of the molecule is c1ccc(C2=NOC[C@H]2c2ccccc2)cc1. The first-order valence-corrected chi connectivity index (χ1v) is 5.75. The maximum Gasteiger partial charge on any atom is 0.129 e. The first-order valence-electron chi connectivity index (χ1n) is 5.75. The molecule has 0 fully saturated rings. The molecule has 84 valence electrons. The normalized spacial score (nSPS) is 18.6. The fraction of sp³-hybridized carbons (Fsp3) is 0.133. The van der Waals surface area contributed by atoms with Gasteiger partial charge in [-0.2, -0.15) is 0 Å². The Morgan fingerprint density at radius 3 is 2.24 bits per heavy atom. The molecule has 0 saturated heterocycles. The molecule has 2 heteroatoms. The van der Waals surface area contributed by atoms with Gasteiger partial charge in [0, 0.05) is 5.56 Å². The second-order valence-corrected chi connectivity index (χ2v) is 4.10. The molecule has 0 saturated carbocycles. The fourth-order valence-corrected chi connectivity index (χ4v) is 2.13. The summed E-state index contributed by atoms with van der Waals surface area (Å²) in [5, 5.41) is 4.18. The quantitative estimate of drug-likeness (QED) is 0.766. The lowest BCUT2D eigenvalue weighted by atomic mass is 9.91. The van der Waals surface area contributed by atoms with Crippen LogP contribution in [0, 0.1) is 0 Å². The molecular weight excluding hydrogens is 210 g/mol. The molecule has 1 atom stereocenters. The summed E-state index contributed by atoms with van der Waals surface area (Å²) in [6.07, 6.45) is 0. The second-order valence-electron chi connectivity index (χ2n) is 4.10. The fourth-order valence-electron chi connectivity index (χ4n) is 2.13. The first-order chi connectivity index (χ1) is 8.45. The largest absolute Gasteiger partial charge is 0.394 e. The molecule has 0 unspecified atom stereocenters. The lowest BCUT2D eigenvalue weighted by Gasteiger charge is -2.10. The van der Waals surface area contributed by atoms with Crippen LogP contribution in [0.1, 0.15) is 17.0 Å². The molecule has 1 aliphatic heterocycles. The smallest absolute Gasteiger partial charge is 0.129 e. The minimum absolute atomic E-state index is 0.249. The van der Waals surface area contributed by atoms with Crippen LogP contribution >= 0.6 is 0 Å². The molecule has 0 amide bonds. The van der Waals surface area contributed by atoms with Gasteiger partial charge in [-0.05, 0) is 5.56 Å². The lowest BCUT2D eigenvalue weighted by Crippen LogP contribution is -2.12. The van der Waals surface area contributed by atoms with Crippen molar-refractivity contribution in [3.05, 3.63) is 71.8 Å². The lowest BCUT2D eigenvalue weighted by molar-refractivity contribution is 0.166. The van der Waals surface area contributed by atoms with Gasteiger partial charge < -0.3 is 4.84 Å². The van der Waals surface area contributed by atoms with Crippen LogP contribution in [-0.4, -0.2) is 12.3 Å². The Labute approximate surface area is 101 Å². The molecule has 1 heterocycles. The number of hydrogen-bond acceptors (Lipinski definition) is 2. The summed E-state index contributed by atoms with van der Waals surface area (Å²) in [6, 6.07) is 20.6. The molecule has 0 bridgehead atoms. The molecule has 0 radical (unpaired) electrons. The highest BCUT2D eigenvalue weighted by Gasteiger charge is 2.25.